The molecule has 11 heavy (non-hydrogen) atoms. The van der Waals surface area contributed by atoms with Gasteiger partial charge in [0.05, 0.1) is 6.54 Å². The molecular weight excluding hydrogens is 140 g/mol. The monoisotopic (exact) mass is 148 g/mol. The molecule has 0 radical (unpaired) electrons. The molecule has 0 atom stereocenters. The Labute approximate surface area is 64.5 Å². The quantitative estimate of drug-likeness (QED) is 0.578. The molecular formula is C8H8N2O. The fourth-order valence-corrected chi connectivity index (χ4v) is 1.23. The maximum atomic E-state index is 11.2. The fourth-order valence-electron chi connectivity index (χ4n) is 1.23. The predicted octanol–water partition coefficient (Wildman–Crippen LogP) is 0.367. The fraction of sp³-hybridized carbons (Fsp3) is 0.250. The van der Waals surface area contributed by atoms with Gasteiger partial charge in [-0.05, 0) is 11.6 Å². The molecule has 3 nitrogen and oxygen atoms in total. The smallest absolute Gasteiger partial charge is 0.178 e. The Morgan fingerprint density at radius 3 is 3.18 bits per heavy atom. The highest BCUT2D eigenvalue weighted by atomic mass is 16.1. The molecule has 0 aliphatic carbocycles. The van der Waals surface area contributed by atoms with Gasteiger partial charge in [0.1, 0.15) is 0 Å². The van der Waals surface area contributed by atoms with Crippen molar-refractivity contribution in [2.24, 2.45) is 0 Å². The lowest BCUT2D eigenvalue weighted by molar-refractivity contribution is 0.0982. The number of hydrogen-bond acceptors (Lipinski definition) is 3. The molecule has 0 aromatic carbocycles. The number of Topliss-reactive ketones (excluding diaryl/α,β-unsaturated/α-hetero) is 1. The van der Waals surface area contributed by atoms with E-state index in [0.29, 0.717) is 6.54 Å². The van der Waals surface area contributed by atoms with E-state index in [0.717, 1.165) is 17.7 Å². The van der Waals surface area contributed by atoms with Gasteiger partial charge in [-0.25, -0.2) is 0 Å². The Kier molecular flexibility index (Phi) is 1.43. The van der Waals surface area contributed by atoms with Gasteiger partial charge in [-0.15, -0.1) is 0 Å². The molecule has 56 valence electrons. The molecule has 0 bridgehead atoms. The molecule has 1 aromatic heterocycles. The molecule has 0 fully saturated rings. The topological polar surface area (TPSA) is 42.0 Å². The normalized spacial score (nSPS) is 16.2. The lowest BCUT2D eigenvalue weighted by atomic mass is 10.0. The molecule has 2 rings (SSSR count). The number of carbonyl (C=O) groups excluding carboxylic acids is 1. The first kappa shape index (κ1) is 6.49. The van der Waals surface area contributed by atoms with Gasteiger partial charge in [0.2, 0.25) is 0 Å². The van der Waals surface area contributed by atoms with Crippen LogP contribution in [0.4, 0.5) is 0 Å². The van der Waals surface area contributed by atoms with Gasteiger partial charge in [0.15, 0.2) is 5.78 Å². The van der Waals surface area contributed by atoms with Gasteiger partial charge in [-0.3, -0.25) is 9.78 Å². The van der Waals surface area contributed by atoms with Crippen LogP contribution in [0.2, 0.25) is 0 Å². The highest BCUT2D eigenvalue weighted by Crippen LogP contribution is 2.10. The Balaban J connectivity index is 2.52. The van der Waals surface area contributed by atoms with Gasteiger partial charge >= 0.3 is 0 Å². The molecule has 1 aliphatic rings. The van der Waals surface area contributed by atoms with E-state index in [-0.39, 0.29) is 5.78 Å². The molecule has 1 N–H and O–H groups in total. The number of fused-ring (bicyclic) bond motifs is 1. The largest absolute Gasteiger partial charge is 0.306 e. The first-order valence-electron chi connectivity index (χ1n) is 3.55. The van der Waals surface area contributed by atoms with Crippen molar-refractivity contribution in [3.05, 3.63) is 29.6 Å². The molecule has 0 saturated carbocycles. The van der Waals surface area contributed by atoms with E-state index < -0.39 is 0 Å². The second-order valence-corrected chi connectivity index (χ2v) is 2.56. The van der Waals surface area contributed by atoms with Gasteiger partial charge in [-0.2, -0.15) is 0 Å². The molecule has 0 unspecified atom stereocenters. The number of nitrogens with one attached hydrogen (secondary N) is 1. The summed E-state index contributed by atoms with van der Waals surface area (Å²) in [5.41, 5.74) is 1.82. The van der Waals surface area contributed by atoms with E-state index in [1.54, 1.807) is 12.4 Å². The predicted molar refractivity (Wildman–Crippen MR) is 40.3 cm³/mol. The summed E-state index contributed by atoms with van der Waals surface area (Å²) in [6.07, 6.45) is 3.34. The highest BCUT2D eigenvalue weighted by Gasteiger charge is 2.15. The third kappa shape index (κ3) is 1.03. The minimum atomic E-state index is 0.138. The summed E-state index contributed by atoms with van der Waals surface area (Å²) < 4.78 is 0. The summed E-state index contributed by atoms with van der Waals surface area (Å²) in [5.74, 6) is 0.138. The van der Waals surface area contributed by atoms with Crippen molar-refractivity contribution >= 4 is 5.78 Å². The summed E-state index contributed by atoms with van der Waals surface area (Å²) in [5, 5.41) is 3.01. The maximum Gasteiger partial charge on any atom is 0.178 e. The van der Waals surface area contributed by atoms with Crippen LogP contribution in [0.1, 0.15) is 15.9 Å². The average Bonchev–Trinajstić information content (AvgIpc) is 2.06. The maximum absolute atomic E-state index is 11.2. The molecule has 3 heteroatoms. The first-order valence-corrected chi connectivity index (χ1v) is 3.55. The summed E-state index contributed by atoms with van der Waals surface area (Å²) in [6, 6.07) is 1.87. The molecule has 1 aliphatic heterocycles. The van der Waals surface area contributed by atoms with Crippen LogP contribution in [0.15, 0.2) is 18.5 Å². The Hall–Kier alpha value is -1.22. The van der Waals surface area contributed by atoms with Crippen molar-refractivity contribution < 1.29 is 4.79 Å². The van der Waals surface area contributed by atoms with Crippen molar-refractivity contribution in [3.63, 3.8) is 0 Å². The number of carbonyl (C=O) groups is 1. The number of nitrogens with zero attached hydrogens (tertiary/aromatic N) is 1. The Morgan fingerprint density at radius 1 is 1.45 bits per heavy atom. The molecule has 0 saturated heterocycles. The van der Waals surface area contributed by atoms with Crippen molar-refractivity contribution in [2.75, 3.05) is 6.54 Å². The van der Waals surface area contributed by atoms with Crippen molar-refractivity contribution in [2.45, 2.75) is 6.54 Å². The van der Waals surface area contributed by atoms with E-state index >= 15 is 0 Å². The standard InChI is InChI=1S/C8H8N2O/c11-8-5-10-3-6-1-2-9-4-7(6)8/h1-2,4,10H,3,5H2. The van der Waals surface area contributed by atoms with Gasteiger partial charge in [0.25, 0.3) is 0 Å². The second kappa shape index (κ2) is 2.43. The van der Waals surface area contributed by atoms with Gasteiger partial charge < -0.3 is 5.32 Å². The van der Waals surface area contributed by atoms with Crippen LogP contribution in [0, 0.1) is 0 Å². The SMILES string of the molecule is O=C1CNCc2ccncc21. The lowest BCUT2D eigenvalue weighted by Crippen LogP contribution is -2.29. The number of hydrogen-bond donors (Lipinski definition) is 1. The molecule has 0 spiro atoms. The zero-order chi connectivity index (χ0) is 7.68. The zero-order valence-corrected chi connectivity index (χ0v) is 6.00. The van der Waals surface area contributed by atoms with Crippen LogP contribution >= 0.6 is 0 Å². The average molecular weight is 148 g/mol. The van der Waals surface area contributed by atoms with E-state index in [1.807, 2.05) is 6.07 Å². The number of pyridine rings is 1. The number of rotatable bonds is 0. The Bertz CT molecular complexity index is 296. The summed E-state index contributed by atoms with van der Waals surface area (Å²) >= 11 is 0. The molecule has 1 aromatic rings. The van der Waals surface area contributed by atoms with Crippen LogP contribution in [0.5, 0.6) is 0 Å². The van der Waals surface area contributed by atoms with Gasteiger partial charge in [-0.1, -0.05) is 0 Å². The van der Waals surface area contributed by atoms with E-state index in [4.69, 9.17) is 0 Å². The lowest BCUT2D eigenvalue weighted by Gasteiger charge is -2.13. The van der Waals surface area contributed by atoms with E-state index in [1.165, 1.54) is 0 Å². The first-order chi connectivity index (χ1) is 5.38. The zero-order valence-electron chi connectivity index (χ0n) is 6.00. The third-order valence-corrected chi connectivity index (χ3v) is 1.81. The van der Waals surface area contributed by atoms with Crippen LogP contribution in [-0.4, -0.2) is 17.3 Å². The van der Waals surface area contributed by atoms with E-state index in [2.05, 4.69) is 10.3 Å². The number of aromatic nitrogens is 1. The van der Waals surface area contributed by atoms with Gasteiger partial charge in [0, 0.05) is 24.5 Å². The molecule has 2 heterocycles. The minimum absolute atomic E-state index is 0.138. The number of ketones is 1. The third-order valence-electron chi connectivity index (χ3n) is 1.81. The summed E-state index contributed by atoms with van der Waals surface area (Å²) in [6.45, 7) is 1.22. The minimum Gasteiger partial charge on any atom is -0.306 e. The molecule has 0 amide bonds. The second-order valence-electron chi connectivity index (χ2n) is 2.56. The van der Waals surface area contributed by atoms with Crippen molar-refractivity contribution in [1.82, 2.24) is 10.3 Å². The van der Waals surface area contributed by atoms with Crippen LogP contribution in [0.3, 0.4) is 0 Å². The van der Waals surface area contributed by atoms with Crippen molar-refractivity contribution in [1.29, 1.82) is 0 Å². The Morgan fingerprint density at radius 2 is 2.36 bits per heavy atom. The van der Waals surface area contributed by atoms with Crippen LogP contribution < -0.4 is 5.32 Å². The van der Waals surface area contributed by atoms with Crippen LogP contribution in [-0.2, 0) is 6.54 Å². The van der Waals surface area contributed by atoms with Crippen LogP contribution in [0.25, 0.3) is 0 Å². The highest BCUT2D eigenvalue weighted by molar-refractivity contribution is 5.99. The summed E-state index contributed by atoms with van der Waals surface area (Å²) in [4.78, 5) is 15.1. The van der Waals surface area contributed by atoms with E-state index in [9.17, 15) is 4.79 Å². The summed E-state index contributed by atoms with van der Waals surface area (Å²) in [7, 11) is 0. The van der Waals surface area contributed by atoms with Crippen molar-refractivity contribution in [3.8, 4) is 0 Å².